The highest BCUT2D eigenvalue weighted by Gasteiger charge is 2.08. The largest absolute Gasteiger partial charge is 0.444 e. The fourth-order valence-electron chi connectivity index (χ4n) is 0.994. The molecule has 0 saturated carbocycles. The number of ether oxygens (including phenoxy) is 1. The number of hydrogen-bond donors (Lipinski definition) is 1. The lowest BCUT2D eigenvalue weighted by atomic mass is 10.4. The van der Waals surface area contributed by atoms with Crippen molar-refractivity contribution in [3.63, 3.8) is 0 Å². The molecule has 1 aromatic rings. The van der Waals surface area contributed by atoms with Gasteiger partial charge < -0.3 is 14.9 Å². The molecule has 86 valence electrons. The molecule has 1 heterocycles. The van der Waals surface area contributed by atoms with Crippen molar-refractivity contribution in [2.24, 2.45) is 5.73 Å². The molecule has 1 atom stereocenters. The van der Waals surface area contributed by atoms with Gasteiger partial charge in [0, 0.05) is 6.42 Å². The van der Waals surface area contributed by atoms with Gasteiger partial charge in [-0.1, -0.05) is 0 Å². The van der Waals surface area contributed by atoms with Crippen LogP contribution in [-0.2, 0) is 11.2 Å². The van der Waals surface area contributed by atoms with Gasteiger partial charge in [0.25, 0.3) is 6.43 Å². The van der Waals surface area contributed by atoms with Crippen molar-refractivity contribution >= 4 is 0 Å². The quantitative estimate of drug-likeness (QED) is 0.738. The normalized spacial score (nSPS) is 13.4. The van der Waals surface area contributed by atoms with E-state index in [1.54, 1.807) is 6.92 Å². The van der Waals surface area contributed by atoms with Crippen molar-refractivity contribution in [3.05, 3.63) is 17.8 Å². The first-order chi connectivity index (χ1) is 7.09. The second-order valence-electron chi connectivity index (χ2n) is 3.17. The van der Waals surface area contributed by atoms with E-state index in [9.17, 15) is 8.78 Å². The van der Waals surface area contributed by atoms with Crippen LogP contribution in [0.2, 0.25) is 0 Å². The Kier molecular flexibility index (Phi) is 4.64. The molecule has 15 heavy (non-hydrogen) atoms. The summed E-state index contributed by atoms with van der Waals surface area (Å²) < 4.78 is 33.3. The zero-order chi connectivity index (χ0) is 11.3. The molecule has 4 nitrogen and oxygen atoms in total. The first-order valence-electron chi connectivity index (χ1n) is 4.65. The predicted octanol–water partition coefficient (Wildman–Crippen LogP) is 1.52. The monoisotopic (exact) mass is 220 g/mol. The zero-order valence-corrected chi connectivity index (χ0v) is 8.45. The second-order valence-corrected chi connectivity index (χ2v) is 3.17. The van der Waals surface area contributed by atoms with E-state index in [1.807, 2.05) is 0 Å². The summed E-state index contributed by atoms with van der Waals surface area (Å²) in [6.07, 6.45) is -0.476. The highest BCUT2D eigenvalue weighted by atomic mass is 19.3. The number of hydrogen-bond acceptors (Lipinski definition) is 4. The Hall–Kier alpha value is -1.01. The third kappa shape index (κ3) is 4.35. The van der Waals surface area contributed by atoms with E-state index in [2.05, 4.69) is 4.98 Å². The molecule has 6 heteroatoms. The SMILES string of the molecule is CC(N)c1ncc(CCOCC(F)F)o1. The Labute approximate surface area is 86.4 Å². The van der Waals surface area contributed by atoms with Crippen LogP contribution in [0.1, 0.15) is 24.6 Å². The molecule has 0 bridgehead atoms. The average molecular weight is 220 g/mol. The van der Waals surface area contributed by atoms with Gasteiger partial charge in [0.1, 0.15) is 12.4 Å². The molecule has 0 saturated heterocycles. The van der Waals surface area contributed by atoms with Gasteiger partial charge in [-0.2, -0.15) is 0 Å². The van der Waals surface area contributed by atoms with Crippen LogP contribution < -0.4 is 5.73 Å². The molecular weight excluding hydrogens is 206 g/mol. The van der Waals surface area contributed by atoms with Gasteiger partial charge in [-0.3, -0.25) is 0 Å². The number of nitrogens with zero attached hydrogens (tertiary/aromatic N) is 1. The number of alkyl halides is 2. The van der Waals surface area contributed by atoms with E-state index in [0.717, 1.165) is 0 Å². The van der Waals surface area contributed by atoms with Crippen LogP contribution in [0.15, 0.2) is 10.6 Å². The molecular formula is C9H14F2N2O2. The summed E-state index contributed by atoms with van der Waals surface area (Å²) in [5, 5.41) is 0. The maximum Gasteiger partial charge on any atom is 0.261 e. The van der Waals surface area contributed by atoms with E-state index in [-0.39, 0.29) is 12.6 Å². The van der Waals surface area contributed by atoms with Crippen molar-refractivity contribution in [3.8, 4) is 0 Å². The van der Waals surface area contributed by atoms with Crippen LogP contribution in [0.5, 0.6) is 0 Å². The Morgan fingerprint density at radius 2 is 2.33 bits per heavy atom. The third-order valence-electron chi connectivity index (χ3n) is 1.70. The maximum atomic E-state index is 11.7. The summed E-state index contributed by atoms with van der Waals surface area (Å²) in [4.78, 5) is 3.93. The molecule has 0 spiro atoms. The van der Waals surface area contributed by atoms with Crippen molar-refractivity contribution in [1.29, 1.82) is 0 Å². The number of aromatic nitrogens is 1. The first-order valence-corrected chi connectivity index (χ1v) is 4.65. The molecule has 0 aliphatic rings. The fourth-order valence-corrected chi connectivity index (χ4v) is 0.994. The maximum absolute atomic E-state index is 11.7. The van der Waals surface area contributed by atoms with Gasteiger partial charge >= 0.3 is 0 Å². The van der Waals surface area contributed by atoms with Gasteiger partial charge in [-0.25, -0.2) is 13.8 Å². The van der Waals surface area contributed by atoms with Crippen molar-refractivity contribution < 1.29 is 17.9 Å². The molecule has 0 fully saturated rings. The molecule has 0 amide bonds. The van der Waals surface area contributed by atoms with Crippen molar-refractivity contribution in [2.75, 3.05) is 13.2 Å². The lowest BCUT2D eigenvalue weighted by Gasteiger charge is -2.01. The smallest absolute Gasteiger partial charge is 0.261 e. The molecule has 0 aromatic carbocycles. The standard InChI is InChI=1S/C9H14F2N2O2/c1-6(12)9-13-4-7(15-9)2-3-14-5-8(10)11/h4,6,8H,2-3,5,12H2,1H3. The molecule has 2 N–H and O–H groups in total. The Morgan fingerprint density at radius 1 is 1.60 bits per heavy atom. The number of halogens is 2. The average Bonchev–Trinajstić information content (AvgIpc) is 2.60. The second kappa shape index (κ2) is 5.77. The topological polar surface area (TPSA) is 61.3 Å². The van der Waals surface area contributed by atoms with Crippen LogP contribution in [0, 0.1) is 0 Å². The highest BCUT2D eigenvalue weighted by molar-refractivity contribution is 4.96. The van der Waals surface area contributed by atoms with Crippen molar-refractivity contribution in [1.82, 2.24) is 4.98 Å². The fraction of sp³-hybridized carbons (Fsp3) is 0.667. The zero-order valence-electron chi connectivity index (χ0n) is 8.45. The van der Waals surface area contributed by atoms with Crippen molar-refractivity contribution in [2.45, 2.75) is 25.8 Å². The summed E-state index contributed by atoms with van der Waals surface area (Å²) in [6.45, 7) is 1.40. The third-order valence-corrected chi connectivity index (χ3v) is 1.70. The highest BCUT2D eigenvalue weighted by Crippen LogP contribution is 2.10. The van der Waals surface area contributed by atoms with Gasteiger partial charge in [0.05, 0.1) is 18.8 Å². The molecule has 0 aliphatic carbocycles. The minimum atomic E-state index is -2.43. The lowest BCUT2D eigenvalue weighted by Crippen LogP contribution is -2.07. The molecule has 1 aromatic heterocycles. The van der Waals surface area contributed by atoms with E-state index in [1.165, 1.54) is 6.20 Å². The minimum absolute atomic E-state index is 0.192. The molecule has 1 rings (SSSR count). The predicted molar refractivity (Wildman–Crippen MR) is 49.6 cm³/mol. The number of nitrogens with two attached hydrogens (primary N) is 1. The summed E-state index contributed by atoms with van der Waals surface area (Å²) in [7, 11) is 0. The summed E-state index contributed by atoms with van der Waals surface area (Å²) in [5.74, 6) is 1.04. The Morgan fingerprint density at radius 3 is 2.87 bits per heavy atom. The van der Waals surface area contributed by atoms with Crippen LogP contribution in [-0.4, -0.2) is 24.6 Å². The van der Waals surface area contributed by atoms with E-state index < -0.39 is 13.0 Å². The summed E-state index contributed by atoms with van der Waals surface area (Å²) in [5.41, 5.74) is 5.53. The number of rotatable bonds is 6. The number of oxazole rings is 1. The van der Waals surface area contributed by atoms with Gasteiger partial charge in [-0.05, 0) is 6.92 Å². The van der Waals surface area contributed by atoms with Crippen LogP contribution in [0.3, 0.4) is 0 Å². The van der Waals surface area contributed by atoms with Gasteiger partial charge in [0.15, 0.2) is 0 Å². The van der Waals surface area contributed by atoms with Crippen LogP contribution in [0.25, 0.3) is 0 Å². The summed E-state index contributed by atoms with van der Waals surface area (Å²) >= 11 is 0. The molecule has 0 aliphatic heterocycles. The van der Waals surface area contributed by atoms with Gasteiger partial charge in [-0.15, -0.1) is 0 Å². The van der Waals surface area contributed by atoms with E-state index in [4.69, 9.17) is 14.9 Å². The van der Waals surface area contributed by atoms with E-state index in [0.29, 0.717) is 18.1 Å². The summed E-state index contributed by atoms with van der Waals surface area (Å²) in [6, 6.07) is -0.263. The molecule has 1 unspecified atom stereocenters. The minimum Gasteiger partial charge on any atom is -0.444 e. The van der Waals surface area contributed by atoms with Gasteiger partial charge in [0.2, 0.25) is 5.89 Å². The van der Waals surface area contributed by atoms with Crippen LogP contribution in [0.4, 0.5) is 8.78 Å². The molecule has 0 radical (unpaired) electrons. The lowest BCUT2D eigenvalue weighted by molar-refractivity contribution is 0.0176. The Balaban J connectivity index is 2.26. The van der Waals surface area contributed by atoms with E-state index >= 15 is 0 Å². The van der Waals surface area contributed by atoms with Crippen LogP contribution >= 0.6 is 0 Å². The first kappa shape index (κ1) is 12.1. The Bertz CT molecular complexity index is 289.